The number of nitrogen functional groups attached to an aromatic ring is 1. The fourth-order valence-corrected chi connectivity index (χ4v) is 0.933. The molecule has 62 valence electrons. The lowest BCUT2D eigenvalue weighted by atomic mass is 10.1. The van der Waals surface area contributed by atoms with Gasteiger partial charge in [0.05, 0.1) is 0 Å². The molecule has 0 saturated carbocycles. The minimum atomic E-state index is 0.818. The standard InChI is InChI=1S/C11H13N/c1-2-3-4-7-10-8-5-6-9-11(10)12/h2-9H,12H2,1H3/b3-2+,7-4-. The molecule has 0 atom stereocenters. The summed E-state index contributed by atoms with van der Waals surface area (Å²) in [7, 11) is 0. The van der Waals surface area contributed by atoms with E-state index in [0.717, 1.165) is 11.3 Å². The summed E-state index contributed by atoms with van der Waals surface area (Å²) in [6.45, 7) is 1.98. The third-order valence-corrected chi connectivity index (χ3v) is 1.58. The summed E-state index contributed by atoms with van der Waals surface area (Å²) in [5.74, 6) is 0. The van der Waals surface area contributed by atoms with Gasteiger partial charge in [-0.15, -0.1) is 0 Å². The highest BCUT2D eigenvalue weighted by molar-refractivity contribution is 5.64. The molecule has 0 heterocycles. The average molecular weight is 159 g/mol. The van der Waals surface area contributed by atoms with Gasteiger partial charge in [-0.2, -0.15) is 0 Å². The summed E-state index contributed by atoms with van der Waals surface area (Å²) in [5.41, 5.74) is 7.61. The number of rotatable bonds is 2. The van der Waals surface area contributed by atoms with E-state index in [1.807, 2.05) is 55.5 Å². The maximum atomic E-state index is 5.73. The van der Waals surface area contributed by atoms with Crippen molar-refractivity contribution in [2.45, 2.75) is 6.92 Å². The molecule has 1 aromatic carbocycles. The maximum absolute atomic E-state index is 5.73. The molecule has 0 bridgehead atoms. The van der Waals surface area contributed by atoms with Crippen LogP contribution in [0.25, 0.3) is 6.08 Å². The van der Waals surface area contributed by atoms with Crippen LogP contribution in [-0.4, -0.2) is 0 Å². The Hall–Kier alpha value is -1.50. The summed E-state index contributed by atoms with van der Waals surface area (Å²) in [6.07, 6.45) is 7.93. The van der Waals surface area contributed by atoms with Crippen LogP contribution < -0.4 is 5.73 Å². The van der Waals surface area contributed by atoms with Crippen molar-refractivity contribution in [3.05, 3.63) is 48.1 Å². The predicted octanol–water partition coefficient (Wildman–Crippen LogP) is 2.86. The first-order chi connectivity index (χ1) is 5.84. The monoisotopic (exact) mass is 159 g/mol. The van der Waals surface area contributed by atoms with E-state index in [4.69, 9.17) is 5.73 Å². The number of nitrogens with two attached hydrogens (primary N) is 1. The Labute approximate surface area is 73.2 Å². The van der Waals surface area contributed by atoms with Crippen molar-refractivity contribution in [3.63, 3.8) is 0 Å². The molecule has 2 N–H and O–H groups in total. The second kappa shape index (κ2) is 4.39. The van der Waals surface area contributed by atoms with Crippen molar-refractivity contribution in [1.29, 1.82) is 0 Å². The molecule has 12 heavy (non-hydrogen) atoms. The molecular formula is C11H13N. The van der Waals surface area contributed by atoms with Crippen LogP contribution >= 0.6 is 0 Å². The van der Waals surface area contributed by atoms with Crippen molar-refractivity contribution in [2.24, 2.45) is 0 Å². The largest absolute Gasteiger partial charge is 0.398 e. The topological polar surface area (TPSA) is 26.0 Å². The highest BCUT2D eigenvalue weighted by Gasteiger charge is 1.89. The molecular weight excluding hydrogens is 146 g/mol. The van der Waals surface area contributed by atoms with Gasteiger partial charge in [0.15, 0.2) is 0 Å². The van der Waals surface area contributed by atoms with Gasteiger partial charge in [-0.1, -0.05) is 42.5 Å². The molecule has 1 heteroatoms. The van der Waals surface area contributed by atoms with Gasteiger partial charge in [-0.05, 0) is 18.6 Å². The van der Waals surface area contributed by atoms with Crippen LogP contribution in [0.5, 0.6) is 0 Å². The average Bonchev–Trinajstić information content (AvgIpc) is 2.09. The number of hydrogen-bond acceptors (Lipinski definition) is 1. The Bertz CT molecular complexity index is 298. The Morgan fingerprint density at radius 2 is 1.92 bits per heavy atom. The second-order valence-electron chi connectivity index (χ2n) is 2.51. The number of hydrogen-bond donors (Lipinski definition) is 1. The molecule has 0 aliphatic rings. The first-order valence-corrected chi connectivity index (χ1v) is 3.98. The molecule has 0 aliphatic carbocycles. The van der Waals surface area contributed by atoms with Gasteiger partial charge < -0.3 is 5.73 Å². The minimum Gasteiger partial charge on any atom is -0.398 e. The quantitative estimate of drug-likeness (QED) is 0.521. The zero-order valence-electron chi connectivity index (χ0n) is 7.20. The van der Waals surface area contributed by atoms with Crippen LogP contribution in [0.1, 0.15) is 12.5 Å². The zero-order valence-corrected chi connectivity index (χ0v) is 7.20. The number of para-hydroxylation sites is 1. The van der Waals surface area contributed by atoms with Gasteiger partial charge >= 0.3 is 0 Å². The van der Waals surface area contributed by atoms with E-state index >= 15 is 0 Å². The van der Waals surface area contributed by atoms with Crippen molar-refractivity contribution in [2.75, 3.05) is 5.73 Å². The smallest absolute Gasteiger partial charge is 0.0387 e. The molecule has 1 aromatic rings. The fraction of sp³-hybridized carbons (Fsp3) is 0.0909. The number of benzene rings is 1. The maximum Gasteiger partial charge on any atom is 0.0387 e. The summed E-state index contributed by atoms with van der Waals surface area (Å²) in [6, 6.07) is 7.80. The molecule has 0 amide bonds. The van der Waals surface area contributed by atoms with Gasteiger partial charge in [0.1, 0.15) is 0 Å². The number of allylic oxidation sites excluding steroid dienone is 3. The lowest BCUT2D eigenvalue weighted by Crippen LogP contribution is -1.86. The number of anilines is 1. The van der Waals surface area contributed by atoms with E-state index in [1.54, 1.807) is 0 Å². The molecule has 0 unspecified atom stereocenters. The molecule has 0 radical (unpaired) electrons. The molecule has 1 rings (SSSR count). The first-order valence-electron chi connectivity index (χ1n) is 3.98. The lowest BCUT2D eigenvalue weighted by molar-refractivity contribution is 1.64. The Morgan fingerprint density at radius 3 is 2.58 bits per heavy atom. The summed E-state index contributed by atoms with van der Waals surface area (Å²) in [4.78, 5) is 0. The van der Waals surface area contributed by atoms with Crippen LogP contribution in [0.15, 0.2) is 42.5 Å². The van der Waals surface area contributed by atoms with Crippen LogP contribution in [0, 0.1) is 0 Å². The summed E-state index contributed by atoms with van der Waals surface area (Å²) >= 11 is 0. The second-order valence-corrected chi connectivity index (χ2v) is 2.51. The van der Waals surface area contributed by atoms with Gasteiger partial charge in [0.2, 0.25) is 0 Å². The van der Waals surface area contributed by atoms with Crippen LogP contribution in [-0.2, 0) is 0 Å². The summed E-state index contributed by atoms with van der Waals surface area (Å²) < 4.78 is 0. The van der Waals surface area contributed by atoms with Crippen molar-refractivity contribution in [3.8, 4) is 0 Å². The van der Waals surface area contributed by atoms with Gasteiger partial charge in [-0.25, -0.2) is 0 Å². The molecule has 0 spiro atoms. The lowest BCUT2D eigenvalue weighted by Gasteiger charge is -1.96. The molecule has 1 nitrogen and oxygen atoms in total. The van der Waals surface area contributed by atoms with E-state index in [-0.39, 0.29) is 0 Å². The van der Waals surface area contributed by atoms with Crippen molar-refractivity contribution < 1.29 is 0 Å². The van der Waals surface area contributed by atoms with Crippen LogP contribution in [0.2, 0.25) is 0 Å². The van der Waals surface area contributed by atoms with E-state index in [2.05, 4.69) is 0 Å². The third-order valence-electron chi connectivity index (χ3n) is 1.58. The van der Waals surface area contributed by atoms with Crippen LogP contribution in [0.3, 0.4) is 0 Å². The molecule has 0 fully saturated rings. The molecule has 0 aromatic heterocycles. The molecule has 0 saturated heterocycles. The highest BCUT2D eigenvalue weighted by Crippen LogP contribution is 2.11. The predicted molar refractivity (Wildman–Crippen MR) is 54.7 cm³/mol. The first kappa shape index (κ1) is 8.60. The zero-order chi connectivity index (χ0) is 8.81. The highest BCUT2D eigenvalue weighted by atomic mass is 14.5. The van der Waals surface area contributed by atoms with E-state index in [1.165, 1.54) is 0 Å². The Kier molecular flexibility index (Phi) is 3.15. The Morgan fingerprint density at radius 1 is 1.17 bits per heavy atom. The van der Waals surface area contributed by atoms with E-state index in [0.29, 0.717) is 0 Å². The summed E-state index contributed by atoms with van der Waals surface area (Å²) in [5, 5.41) is 0. The van der Waals surface area contributed by atoms with Crippen molar-refractivity contribution in [1.82, 2.24) is 0 Å². The van der Waals surface area contributed by atoms with Crippen LogP contribution in [0.4, 0.5) is 5.69 Å². The Balaban J connectivity index is 2.82. The minimum absolute atomic E-state index is 0.818. The fourth-order valence-electron chi connectivity index (χ4n) is 0.933. The molecule has 0 aliphatic heterocycles. The van der Waals surface area contributed by atoms with E-state index < -0.39 is 0 Å². The van der Waals surface area contributed by atoms with Gasteiger partial charge in [0.25, 0.3) is 0 Å². The third kappa shape index (κ3) is 2.27. The normalized spacial score (nSPS) is 11.4. The SMILES string of the molecule is C/C=C/C=C\c1ccccc1N. The van der Waals surface area contributed by atoms with Gasteiger partial charge in [-0.3, -0.25) is 0 Å². The van der Waals surface area contributed by atoms with Gasteiger partial charge in [0, 0.05) is 5.69 Å². The van der Waals surface area contributed by atoms with Crippen molar-refractivity contribution >= 4 is 11.8 Å². The van der Waals surface area contributed by atoms with E-state index in [9.17, 15) is 0 Å².